The molecule has 1 N–H and O–H groups in total. The molecule has 1 aromatic carbocycles. The van der Waals surface area contributed by atoms with Gasteiger partial charge in [-0.25, -0.2) is 9.37 Å². The molecule has 3 aromatic rings. The molecule has 2 amide bonds. The number of rotatable bonds is 6. The van der Waals surface area contributed by atoms with E-state index >= 15 is 0 Å². The monoisotopic (exact) mass is 495 g/mol. The SMILES string of the molecule is Cc1noc(C)c1CCNC(=O)C1CCN(C(=O)c2ncn3c2COC(c2ccc(F)cc2)C3)CC1. The van der Waals surface area contributed by atoms with Gasteiger partial charge in [0, 0.05) is 31.1 Å². The molecule has 10 heteroatoms. The maximum atomic E-state index is 13.2. The Labute approximate surface area is 208 Å². The van der Waals surface area contributed by atoms with Gasteiger partial charge in [-0.15, -0.1) is 0 Å². The highest BCUT2D eigenvalue weighted by Gasteiger charge is 2.32. The molecule has 1 saturated heterocycles. The maximum absolute atomic E-state index is 13.2. The minimum atomic E-state index is -0.288. The summed E-state index contributed by atoms with van der Waals surface area (Å²) in [6.45, 7) is 6.08. The van der Waals surface area contributed by atoms with Crippen LogP contribution in [0.4, 0.5) is 4.39 Å². The highest BCUT2D eigenvalue weighted by atomic mass is 19.1. The number of imidazole rings is 1. The first-order chi connectivity index (χ1) is 17.4. The summed E-state index contributed by atoms with van der Waals surface area (Å²) in [5.74, 6) is 0.267. The Bertz CT molecular complexity index is 1220. The summed E-state index contributed by atoms with van der Waals surface area (Å²) in [5.41, 5.74) is 3.92. The van der Waals surface area contributed by atoms with E-state index in [0.717, 1.165) is 28.3 Å². The number of aromatic nitrogens is 3. The molecule has 36 heavy (non-hydrogen) atoms. The Hall–Kier alpha value is -3.53. The summed E-state index contributed by atoms with van der Waals surface area (Å²) < 4.78 is 26.3. The summed E-state index contributed by atoms with van der Waals surface area (Å²) in [6, 6.07) is 6.26. The van der Waals surface area contributed by atoms with E-state index in [4.69, 9.17) is 9.26 Å². The number of likely N-dealkylation sites (tertiary alicyclic amines) is 1. The van der Waals surface area contributed by atoms with E-state index in [0.29, 0.717) is 51.1 Å². The highest BCUT2D eigenvalue weighted by Crippen LogP contribution is 2.29. The van der Waals surface area contributed by atoms with Crippen LogP contribution in [0.25, 0.3) is 0 Å². The number of benzene rings is 1. The third kappa shape index (κ3) is 4.90. The van der Waals surface area contributed by atoms with E-state index < -0.39 is 0 Å². The second-order valence-corrected chi connectivity index (χ2v) is 9.45. The average molecular weight is 496 g/mol. The Morgan fingerprint density at radius 2 is 1.92 bits per heavy atom. The first-order valence-corrected chi connectivity index (χ1v) is 12.3. The van der Waals surface area contributed by atoms with E-state index in [1.54, 1.807) is 23.4 Å². The van der Waals surface area contributed by atoms with Gasteiger partial charge in [-0.3, -0.25) is 9.59 Å². The fourth-order valence-electron chi connectivity index (χ4n) is 4.99. The quantitative estimate of drug-likeness (QED) is 0.564. The molecule has 1 fully saturated rings. The zero-order valence-corrected chi connectivity index (χ0v) is 20.5. The molecule has 9 nitrogen and oxygen atoms in total. The van der Waals surface area contributed by atoms with Gasteiger partial charge >= 0.3 is 0 Å². The van der Waals surface area contributed by atoms with E-state index in [1.807, 2.05) is 18.4 Å². The van der Waals surface area contributed by atoms with E-state index in [-0.39, 0.29) is 36.3 Å². The van der Waals surface area contributed by atoms with Crippen molar-refractivity contribution in [1.29, 1.82) is 0 Å². The summed E-state index contributed by atoms with van der Waals surface area (Å²) in [5, 5.41) is 6.96. The number of hydrogen-bond acceptors (Lipinski definition) is 6. The van der Waals surface area contributed by atoms with Crippen molar-refractivity contribution in [3.05, 3.63) is 70.4 Å². The molecular formula is C26H30FN5O4. The van der Waals surface area contributed by atoms with Crippen molar-refractivity contribution < 1.29 is 23.2 Å². The normalized spacial score (nSPS) is 18.2. The van der Waals surface area contributed by atoms with Crippen LogP contribution in [0.15, 0.2) is 35.1 Å². The minimum Gasteiger partial charge on any atom is -0.365 e. The van der Waals surface area contributed by atoms with Crippen LogP contribution < -0.4 is 5.32 Å². The number of ether oxygens (including phenoxy) is 1. The third-order valence-electron chi connectivity index (χ3n) is 7.18. The molecule has 0 radical (unpaired) electrons. The van der Waals surface area contributed by atoms with E-state index in [1.165, 1.54) is 12.1 Å². The second kappa shape index (κ2) is 10.2. The Balaban J connectivity index is 1.13. The Morgan fingerprint density at radius 3 is 2.61 bits per heavy atom. The molecule has 4 heterocycles. The van der Waals surface area contributed by atoms with Crippen molar-refractivity contribution in [3.63, 3.8) is 0 Å². The summed E-state index contributed by atoms with van der Waals surface area (Å²) in [4.78, 5) is 32.0. The van der Waals surface area contributed by atoms with Crippen LogP contribution in [-0.4, -0.2) is 51.1 Å². The predicted octanol–water partition coefficient (Wildman–Crippen LogP) is 3.11. The molecule has 5 rings (SSSR count). The zero-order valence-electron chi connectivity index (χ0n) is 20.5. The smallest absolute Gasteiger partial charge is 0.274 e. The molecule has 0 saturated carbocycles. The number of fused-ring (bicyclic) bond motifs is 1. The first kappa shape index (κ1) is 24.2. The fraction of sp³-hybridized carbons (Fsp3) is 0.462. The molecular weight excluding hydrogens is 465 g/mol. The van der Waals surface area contributed by atoms with Crippen LogP contribution in [-0.2, 0) is 29.1 Å². The topological polar surface area (TPSA) is 102 Å². The summed E-state index contributed by atoms with van der Waals surface area (Å²) >= 11 is 0. The molecule has 2 aliphatic rings. The van der Waals surface area contributed by atoms with E-state index in [9.17, 15) is 14.0 Å². The van der Waals surface area contributed by atoms with Crippen molar-refractivity contribution in [2.75, 3.05) is 19.6 Å². The van der Waals surface area contributed by atoms with Gasteiger partial charge in [0.15, 0.2) is 5.69 Å². The predicted molar refractivity (Wildman–Crippen MR) is 127 cm³/mol. The molecule has 0 bridgehead atoms. The molecule has 1 unspecified atom stereocenters. The van der Waals surface area contributed by atoms with Gasteiger partial charge in [0.25, 0.3) is 5.91 Å². The number of halogens is 1. The van der Waals surface area contributed by atoms with Crippen LogP contribution in [0.3, 0.4) is 0 Å². The highest BCUT2D eigenvalue weighted by molar-refractivity contribution is 5.93. The van der Waals surface area contributed by atoms with Gasteiger partial charge in [0.1, 0.15) is 17.7 Å². The average Bonchev–Trinajstić information content (AvgIpc) is 3.46. The van der Waals surface area contributed by atoms with Crippen LogP contribution in [0.2, 0.25) is 0 Å². The molecule has 0 aliphatic carbocycles. The summed E-state index contributed by atoms with van der Waals surface area (Å²) in [7, 11) is 0. The van der Waals surface area contributed by atoms with Crippen molar-refractivity contribution in [3.8, 4) is 0 Å². The number of amides is 2. The summed E-state index contributed by atoms with van der Waals surface area (Å²) in [6.07, 6.45) is 3.35. The van der Waals surface area contributed by atoms with Crippen molar-refractivity contribution in [2.24, 2.45) is 5.92 Å². The van der Waals surface area contributed by atoms with Crippen LogP contribution >= 0.6 is 0 Å². The number of nitrogens with zero attached hydrogens (tertiary/aromatic N) is 4. The number of hydrogen-bond donors (Lipinski definition) is 1. The standard InChI is InChI=1S/C26H30FN5O4/c1-16-21(17(2)36-30-16)7-10-28-25(33)19-8-11-31(12-9-19)26(34)24-22-14-35-23(13-32(22)15-29-24)18-3-5-20(27)6-4-18/h3-6,15,19,23H,7-14H2,1-2H3,(H,28,33). The molecule has 0 spiro atoms. The second-order valence-electron chi connectivity index (χ2n) is 9.45. The lowest BCUT2D eigenvalue weighted by molar-refractivity contribution is -0.126. The van der Waals surface area contributed by atoms with Gasteiger partial charge in [0.2, 0.25) is 5.91 Å². The van der Waals surface area contributed by atoms with Crippen molar-refractivity contribution >= 4 is 11.8 Å². The first-order valence-electron chi connectivity index (χ1n) is 12.3. The number of piperidine rings is 1. The molecule has 1 atom stereocenters. The van der Waals surface area contributed by atoms with E-state index in [2.05, 4.69) is 15.5 Å². The van der Waals surface area contributed by atoms with Gasteiger partial charge in [0.05, 0.1) is 30.9 Å². The Kier molecular flexibility index (Phi) is 6.86. The minimum absolute atomic E-state index is 0.0217. The number of aryl methyl sites for hydroxylation is 2. The van der Waals surface area contributed by atoms with Gasteiger partial charge in [-0.05, 0) is 50.8 Å². The lowest BCUT2D eigenvalue weighted by Gasteiger charge is -2.31. The molecule has 190 valence electrons. The number of carbonyl (C=O) groups excluding carboxylic acids is 2. The van der Waals surface area contributed by atoms with Crippen molar-refractivity contribution in [2.45, 2.75) is 52.4 Å². The van der Waals surface area contributed by atoms with Gasteiger partial charge in [-0.2, -0.15) is 0 Å². The number of carbonyl (C=O) groups is 2. The van der Waals surface area contributed by atoms with Crippen LogP contribution in [0, 0.1) is 25.6 Å². The fourth-order valence-corrected chi connectivity index (χ4v) is 4.99. The molecule has 2 aromatic heterocycles. The number of nitrogens with one attached hydrogen (secondary N) is 1. The lowest BCUT2D eigenvalue weighted by Crippen LogP contribution is -2.43. The lowest BCUT2D eigenvalue weighted by atomic mass is 9.95. The van der Waals surface area contributed by atoms with Crippen LogP contribution in [0.1, 0.15) is 57.7 Å². The molecule has 2 aliphatic heterocycles. The van der Waals surface area contributed by atoms with Gasteiger partial charge in [-0.1, -0.05) is 17.3 Å². The zero-order chi connectivity index (χ0) is 25.2. The largest absolute Gasteiger partial charge is 0.365 e. The van der Waals surface area contributed by atoms with Crippen molar-refractivity contribution in [1.82, 2.24) is 24.9 Å². The third-order valence-corrected chi connectivity index (χ3v) is 7.18. The van der Waals surface area contributed by atoms with Gasteiger partial charge < -0.3 is 24.0 Å². The Morgan fingerprint density at radius 1 is 1.17 bits per heavy atom. The van der Waals surface area contributed by atoms with Crippen LogP contribution in [0.5, 0.6) is 0 Å². The maximum Gasteiger partial charge on any atom is 0.274 e.